The molecular weight excluding hydrogens is 196 g/mol. The van der Waals surface area contributed by atoms with Gasteiger partial charge < -0.3 is 5.73 Å². The van der Waals surface area contributed by atoms with Gasteiger partial charge in [0.2, 0.25) is 0 Å². The number of aromatic nitrogens is 1. The van der Waals surface area contributed by atoms with E-state index in [-0.39, 0.29) is 6.04 Å². The number of nitrogens with two attached hydrogens (primary N) is 1. The van der Waals surface area contributed by atoms with Crippen LogP contribution in [0.5, 0.6) is 0 Å². The Morgan fingerprint density at radius 3 is 2.25 bits per heavy atom. The van der Waals surface area contributed by atoms with Crippen molar-refractivity contribution in [1.29, 1.82) is 0 Å². The Kier molecular flexibility index (Phi) is 5.47. The number of aryl methyl sites for hydroxylation is 1. The molecule has 1 unspecified atom stereocenters. The molecule has 0 fully saturated rings. The zero-order valence-electron chi connectivity index (χ0n) is 10.7. The molecule has 90 valence electrons. The minimum Gasteiger partial charge on any atom is -0.322 e. The van der Waals surface area contributed by atoms with Crippen molar-refractivity contribution < 1.29 is 0 Å². The summed E-state index contributed by atoms with van der Waals surface area (Å²) < 4.78 is 0. The predicted molar refractivity (Wildman–Crippen MR) is 69.2 cm³/mol. The molecule has 16 heavy (non-hydrogen) atoms. The van der Waals surface area contributed by atoms with Gasteiger partial charge in [0.05, 0.1) is 5.69 Å². The summed E-state index contributed by atoms with van der Waals surface area (Å²) >= 11 is 0. The summed E-state index contributed by atoms with van der Waals surface area (Å²) in [6.45, 7) is 6.49. The zero-order valence-corrected chi connectivity index (χ0v) is 10.7. The lowest BCUT2D eigenvalue weighted by atomic mass is 9.89. The van der Waals surface area contributed by atoms with Crippen molar-refractivity contribution >= 4 is 0 Å². The topological polar surface area (TPSA) is 38.9 Å². The van der Waals surface area contributed by atoms with E-state index in [2.05, 4.69) is 37.9 Å². The Balaban J connectivity index is 2.72. The smallest absolute Gasteiger partial charge is 0.0574 e. The Morgan fingerprint density at radius 1 is 1.19 bits per heavy atom. The van der Waals surface area contributed by atoms with Crippen LogP contribution in [0.25, 0.3) is 0 Å². The lowest BCUT2D eigenvalue weighted by Crippen LogP contribution is -2.22. The van der Waals surface area contributed by atoms with Gasteiger partial charge in [-0.3, -0.25) is 4.98 Å². The molecule has 0 spiro atoms. The molecule has 0 saturated heterocycles. The number of pyridine rings is 1. The van der Waals surface area contributed by atoms with E-state index in [1.807, 2.05) is 6.20 Å². The molecule has 0 aliphatic rings. The maximum atomic E-state index is 6.30. The fraction of sp³-hybridized carbons (Fsp3) is 0.643. The van der Waals surface area contributed by atoms with Crippen LogP contribution in [-0.4, -0.2) is 4.98 Å². The summed E-state index contributed by atoms with van der Waals surface area (Å²) in [5.74, 6) is 0.574. The Hall–Kier alpha value is -0.890. The molecule has 1 atom stereocenters. The van der Waals surface area contributed by atoms with Crippen LogP contribution in [0.3, 0.4) is 0 Å². The van der Waals surface area contributed by atoms with Crippen LogP contribution in [0.15, 0.2) is 18.3 Å². The highest BCUT2D eigenvalue weighted by Crippen LogP contribution is 2.26. The predicted octanol–water partition coefficient (Wildman–Crippen LogP) is 3.61. The number of hydrogen-bond acceptors (Lipinski definition) is 2. The molecule has 2 nitrogen and oxygen atoms in total. The lowest BCUT2D eigenvalue weighted by molar-refractivity contribution is 0.363. The number of hydrogen-bond donors (Lipinski definition) is 1. The largest absolute Gasteiger partial charge is 0.322 e. The third-order valence-electron chi connectivity index (χ3n) is 3.10. The molecule has 0 bridgehead atoms. The zero-order chi connectivity index (χ0) is 12.0. The van der Waals surface area contributed by atoms with Crippen LogP contribution in [0.4, 0.5) is 0 Å². The first-order chi connectivity index (χ1) is 7.69. The summed E-state index contributed by atoms with van der Waals surface area (Å²) in [4.78, 5) is 4.44. The number of rotatable bonds is 6. The minimum absolute atomic E-state index is 0.0977. The molecule has 0 aromatic carbocycles. The molecule has 2 N–H and O–H groups in total. The normalized spacial score (nSPS) is 13.1. The molecule has 0 aliphatic heterocycles. The van der Waals surface area contributed by atoms with E-state index >= 15 is 0 Å². The molecule has 1 heterocycles. The fourth-order valence-corrected chi connectivity index (χ4v) is 2.16. The molecule has 2 heteroatoms. The molecule has 0 saturated carbocycles. The van der Waals surface area contributed by atoms with Crippen molar-refractivity contribution in [3.05, 3.63) is 29.6 Å². The maximum Gasteiger partial charge on any atom is 0.0574 e. The van der Waals surface area contributed by atoms with E-state index in [1.54, 1.807) is 0 Å². The third kappa shape index (κ3) is 3.60. The second kappa shape index (κ2) is 6.64. The first kappa shape index (κ1) is 13.2. The van der Waals surface area contributed by atoms with Gasteiger partial charge in [-0.25, -0.2) is 0 Å². The van der Waals surface area contributed by atoms with Crippen molar-refractivity contribution in [2.75, 3.05) is 0 Å². The summed E-state index contributed by atoms with van der Waals surface area (Å²) in [6.07, 6.45) is 6.70. The molecule has 0 radical (unpaired) electrons. The van der Waals surface area contributed by atoms with Gasteiger partial charge in [-0.05, 0) is 37.3 Å². The summed E-state index contributed by atoms with van der Waals surface area (Å²) in [5.41, 5.74) is 8.53. The van der Waals surface area contributed by atoms with Gasteiger partial charge >= 0.3 is 0 Å². The van der Waals surface area contributed by atoms with Gasteiger partial charge in [-0.2, -0.15) is 0 Å². The van der Waals surface area contributed by atoms with Crippen LogP contribution in [-0.2, 0) is 0 Å². The van der Waals surface area contributed by atoms with Gasteiger partial charge in [0.1, 0.15) is 0 Å². The van der Waals surface area contributed by atoms with Gasteiger partial charge in [0.15, 0.2) is 0 Å². The second-order valence-corrected chi connectivity index (χ2v) is 4.62. The Bertz CT molecular complexity index is 286. The average Bonchev–Trinajstić information content (AvgIpc) is 2.29. The highest BCUT2D eigenvalue weighted by atomic mass is 14.8. The van der Waals surface area contributed by atoms with Crippen molar-refractivity contribution in [3.63, 3.8) is 0 Å². The van der Waals surface area contributed by atoms with Crippen molar-refractivity contribution in [2.24, 2.45) is 11.7 Å². The molecule has 0 aliphatic carbocycles. The molecule has 1 aromatic heterocycles. The minimum atomic E-state index is 0.0977. The van der Waals surface area contributed by atoms with Gasteiger partial charge in [-0.15, -0.1) is 0 Å². The van der Waals surface area contributed by atoms with Crippen LogP contribution in [0, 0.1) is 12.8 Å². The van der Waals surface area contributed by atoms with E-state index in [1.165, 1.54) is 31.2 Å². The summed E-state index contributed by atoms with van der Waals surface area (Å²) in [5, 5.41) is 0. The van der Waals surface area contributed by atoms with Crippen LogP contribution in [0.1, 0.15) is 56.8 Å². The molecule has 1 rings (SSSR count). The Labute approximate surface area is 99.3 Å². The van der Waals surface area contributed by atoms with Crippen molar-refractivity contribution in [2.45, 2.75) is 52.5 Å². The standard InChI is InChI=1S/C14H24N2/c1-4-6-12(7-5-2)14(15)13-9-8-11(3)10-16-13/h8-10,12,14H,4-7,15H2,1-3H3. The van der Waals surface area contributed by atoms with E-state index in [4.69, 9.17) is 5.73 Å². The molecule has 0 amide bonds. The first-order valence-electron chi connectivity index (χ1n) is 6.37. The molecular formula is C14H24N2. The van der Waals surface area contributed by atoms with Crippen LogP contribution >= 0.6 is 0 Å². The SMILES string of the molecule is CCCC(CCC)C(N)c1ccc(C)cn1. The van der Waals surface area contributed by atoms with E-state index in [0.717, 1.165) is 5.69 Å². The maximum absolute atomic E-state index is 6.30. The second-order valence-electron chi connectivity index (χ2n) is 4.62. The quantitative estimate of drug-likeness (QED) is 0.795. The van der Waals surface area contributed by atoms with Crippen LogP contribution in [0.2, 0.25) is 0 Å². The fourth-order valence-electron chi connectivity index (χ4n) is 2.16. The van der Waals surface area contributed by atoms with Crippen LogP contribution < -0.4 is 5.73 Å². The first-order valence-corrected chi connectivity index (χ1v) is 6.37. The Morgan fingerprint density at radius 2 is 1.81 bits per heavy atom. The van der Waals surface area contributed by atoms with E-state index in [9.17, 15) is 0 Å². The highest BCUT2D eigenvalue weighted by molar-refractivity contribution is 5.15. The van der Waals surface area contributed by atoms with E-state index in [0.29, 0.717) is 5.92 Å². The lowest BCUT2D eigenvalue weighted by Gasteiger charge is -2.22. The van der Waals surface area contributed by atoms with E-state index < -0.39 is 0 Å². The van der Waals surface area contributed by atoms with Gasteiger partial charge in [-0.1, -0.05) is 32.8 Å². The monoisotopic (exact) mass is 220 g/mol. The average molecular weight is 220 g/mol. The van der Waals surface area contributed by atoms with Crippen molar-refractivity contribution in [1.82, 2.24) is 4.98 Å². The van der Waals surface area contributed by atoms with Crippen molar-refractivity contribution in [3.8, 4) is 0 Å². The summed E-state index contributed by atoms with van der Waals surface area (Å²) in [6, 6.07) is 4.26. The third-order valence-corrected chi connectivity index (χ3v) is 3.10. The summed E-state index contributed by atoms with van der Waals surface area (Å²) in [7, 11) is 0. The van der Waals surface area contributed by atoms with Gasteiger partial charge in [0.25, 0.3) is 0 Å². The molecule has 1 aromatic rings. The number of nitrogens with zero attached hydrogens (tertiary/aromatic N) is 1. The highest BCUT2D eigenvalue weighted by Gasteiger charge is 2.18. The van der Waals surface area contributed by atoms with Gasteiger partial charge in [0, 0.05) is 12.2 Å².